The second-order valence-electron chi connectivity index (χ2n) is 8.43. The average Bonchev–Trinajstić information content (AvgIpc) is 3.18. The number of carbonyl (C=O) groups is 3. The van der Waals surface area contributed by atoms with Crippen LogP contribution < -0.4 is 0 Å². The Labute approximate surface area is 193 Å². The number of aryl methyl sites for hydroxylation is 2. The molecule has 0 saturated carbocycles. The minimum absolute atomic E-state index is 0.0230. The first kappa shape index (κ1) is 24.2. The Bertz CT molecular complexity index is 1110. The Morgan fingerprint density at radius 1 is 1.18 bits per heavy atom. The highest BCUT2D eigenvalue weighted by molar-refractivity contribution is 6.46. The maximum Gasteiger partial charge on any atom is 0.337 e. The first-order valence-electron chi connectivity index (χ1n) is 10.7. The van der Waals surface area contributed by atoms with Crippen molar-refractivity contribution < 1.29 is 24.2 Å². The third kappa shape index (κ3) is 4.54. The van der Waals surface area contributed by atoms with E-state index in [0.29, 0.717) is 41.0 Å². The quantitative estimate of drug-likeness (QED) is 0.296. The van der Waals surface area contributed by atoms with E-state index < -0.39 is 23.7 Å². The van der Waals surface area contributed by atoms with Gasteiger partial charge in [0.15, 0.2) is 0 Å². The zero-order valence-corrected chi connectivity index (χ0v) is 19.9. The first-order chi connectivity index (χ1) is 15.6. The monoisotopic (exact) mass is 454 g/mol. The van der Waals surface area contributed by atoms with Gasteiger partial charge in [-0.15, -0.1) is 0 Å². The smallest absolute Gasteiger partial charge is 0.337 e. The van der Waals surface area contributed by atoms with Gasteiger partial charge in [0.25, 0.3) is 11.7 Å². The second-order valence-corrected chi connectivity index (χ2v) is 8.43. The highest BCUT2D eigenvalue weighted by Gasteiger charge is 2.46. The van der Waals surface area contributed by atoms with Gasteiger partial charge in [0, 0.05) is 19.3 Å². The van der Waals surface area contributed by atoms with Crippen LogP contribution in [0.2, 0.25) is 0 Å². The van der Waals surface area contributed by atoms with Gasteiger partial charge in [-0.05, 0) is 58.6 Å². The molecule has 0 aliphatic carbocycles. The molecule has 9 nitrogen and oxygen atoms in total. The summed E-state index contributed by atoms with van der Waals surface area (Å²) in [5.74, 6) is -2.12. The number of ketones is 1. The number of nitrogens with zero attached hydrogens (tertiary/aromatic N) is 4. The standard InChI is InChI=1S/C24H30N4O5/c1-14-18(15(2)27(5)25-14)21(29)19-20(16-8-10-17(11-9-16)24(32)33-6)28(23(31)22(19)30)13-7-12-26(3)4/h8-11,20,29H,7,12-13H2,1-6H3/b21-19+. The van der Waals surface area contributed by atoms with E-state index in [9.17, 15) is 19.5 Å². The van der Waals surface area contributed by atoms with Gasteiger partial charge in [0.1, 0.15) is 5.76 Å². The van der Waals surface area contributed by atoms with Crippen LogP contribution in [0.5, 0.6) is 0 Å². The molecular weight excluding hydrogens is 424 g/mol. The minimum atomic E-state index is -0.780. The van der Waals surface area contributed by atoms with E-state index in [1.807, 2.05) is 19.0 Å². The van der Waals surface area contributed by atoms with Crippen LogP contribution in [0.3, 0.4) is 0 Å². The topological polar surface area (TPSA) is 105 Å². The second kappa shape index (κ2) is 9.58. The number of methoxy groups -OCH3 is 1. The first-order valence-corrected chi connectivity index (χ1v) is 10.7. The van der Waals surface area contributed by atoms with Gasteiger partial charge < -0.3 is 19.6 Å². The Morgan fingerprint density at radius 2 is 1.82 bits per heavy atom. The molecule has 2 aromatic rings. The van der Waals surface area contributed by atoms with Crippen molar-refractivity contribution in [1.29, 1.82) is 0 Å². The van der Waals surface area contributed by atoms with Gasteiger partial charge in [-0.3, -0.25) is 14.3 Å². The molecule has 2 heterocycles. The molecule has 1 N–H and O–H groups in total. The molecule has 1 fully saturated rings. The zero-order valence-electron chi connectivity index (χ0n) is 19.9. The molecule has 9 heteroatoms. The van der Waals surface area contributed by atoms with Crippen molar-refractivity contribution >= 4 is 23.4 Å². The summed E-state index contributed by atoms with van der Waals surface area (Å²) in [6.45, 7) is 4.61. The van der Waals surface area contributed by atoms with Crippen molar-refractivity contribution in [1.82, 2.24) is 19.6 Å². The SMILES string of the molecule is COC(=O)c1ccc(C2/C(=C(\O)c3c(C)nn(C)c3C)C(=O)C(=O)N2CCCN(C)C)cc1. The molecule has 1 amide bonds. The lowest BCUT2D eigenvalue weighted by Gasteiger charge is -2.26. The van der Waals surface area contributed by atoms with E-state index in [-0.39, 0.29) is 11.3 Å². The summed E-state index contributed by atoms with van der Waals surface area (Å²) in [4.78, 5) is 41.5. The maximum atomic E-state index is 13.1. The fourth-order valence-electron chi connectivity index (χ4n) is 4.18. The number of carbonyl (C=O) groups excluding carboxylic acids is 3. The highest BCUT2D eigenvalue weighted by Crippen LogP contribution is 2.40. The lowest BCUT2D eigenvalue weighted by Crippen LogP contribution is -2.32. The fraction of sp³-hybridized carbons (Fsp3) is 0.417. The molecule has 1 aromatic heterocycles. The van der Waals surface area contributed by atoms with Crippen LogP contribution in [0.15, 0.2) is 29.8 Å². The van der Waals surface area contributed by atoms with Crippen LogP contribution in [0.4, 0.5) is 0 Å². The Balaban J connectivity index is 2.14. The molecule has 1 aliphatic rings. The Kier molecular flexibility index (Phi) is 7.02. The number of Topliss-reactive ketones (excluding diaryl/α,β-unsaturated/α-hetero) is 1. The number of hydrogen-bond donors (Lipinski definition) is 1. The zero-order chi connectivity index (χ0) is 24.4. The maximum absolute atomic E-state index is 13.1. The van der Waals surface area contributed by atoms with Crippen LogP contribution in [0.1, 0.15) is 45.3 Å². The number of rotatable bonds is 7. The molecule has 176 valence electrons. The van der Waals surface area contributed by atoms with Gasteiger partial charge in [0.2, 0.25) is 0 Å². The van der Waals surface area contributed by atoms with E-state index >= 15 is 0 Å². The molecule has 0 bridgehead atoms. The summed E-state index contributed by atoms with van der Waals surface area (Å²) in [6.07, 6.45) is 0.655. The molecule has 3 rings (SSSR count). The van der Waals surface area contributed by atoms with Crippen LogP contribution in [-0.2, 0) is 21.4 Å². The lowest BCUT2D eigenvalue weighted by atomic mass is 9.94. The number of aromatic nitrogens is 2. The summed E-state index contributed by atoms with van der Waals surface area (Å²) >= 11 is 0. The van der Waals surface area contributed by atoms with Crippen molar-refractivity contribution in [3.8, 4) is 0 Å². The molecule has 1 unspecified atom stereocenters. The lowest BCUT2D eigenvalue weighted by molar-refractivity contribution is -0.139. The van der Waals surface area contributed by atoms with E-state index in [2.05, 4.69) is 5.10 Å². The summed E-state index contributed by atoms with van der Waals surface area (Å²) in [7, 11) is 6.92. The normalized spacial score (nSPS) is 17.8. The third-order valence-corrected chi connectivity index (χ3v) is 5.94. The van der Waals surface area contributed by atoms with Crippen LogP contribution in [0, 0.1) is 13.8 Å². The molecule has 1 aromatic carbocycles. The number of ether oxygens (including phenoxy) is 1. The third-order valence-electron chi connectivity index (χ3n) is 5.94. The van der Waals surface area contributed by atoms with Crippen LogP contribution >= 0.6 is 0 Å². The molecule has 0 spiro atoms. The molecule has 1 saturated heterocycles. The highest BCUT2D eigenvalue weighted by atomic mass is 16.5. The van der Waals surface area contributed by atoms with E-state index in [1.54, 1.807) is 49.8 Å². The number of aliphatic hydroxyl groups excluding tert-OH is 1. The predicted octanol–water partition coefficient (Wildman–Crippen LogP) is 2.20. The van der Waals surface area contributed by atoms with Crippen molar-refractivity contribution in [2.24, 2.45) is 7.05 Å². The number of likely N-dealkylation sites (tertiary alicyclic amines) is 1. The Hall–Kier alpha value is -3.46. The summed E-state index contributed by atoms with van der Waals surface area (Å²) in [6, 6.07) is 5.75. The predicted molar refractivity (Wildman–Crippen MR) is 123 cm³/mol. The number of hydrogen-bond acceptors (Lipinski definition) is 7. The van der Waals surface area contributed by atoms with Crippen molar-refractivity contribution in [3.63, 3.8) is 0 Å². The fourth-order valence-corrected chi connectivity index (χ4v) is 4.18. The molecule has 1 aliphatic heterocycles. The van der Waals surface area contributed by atoms with Gasteiger partial charge in [-0.25, -0.2) is 4.79 Å². The molecule has 33 heavy (non-hydrogen) atoms. The van der Waals surface area contributed by atoms with Crippen molar-refractivity contribution in [3.05, 3.63) is 57.9 Å². The largest absolute Gasteiger partial charge is 0.507 e. The van der Waals surface area contributed by atoms with Crippen LogP contribution in [-0.4, -0.2) is 76.6 Å². The van der Waals surface area contributed by atoms with Gasteiger partial charge in [-0.1, -0.05) is 12.1 Å². The number of amides is 1. The van der Waals surface area contributed by atoms with Crippen molar-refractivity contribution in [2.45, 2.75) is 26.3 Å². The molecule has 1 atom stereocenters. The summed E-state index contributed by atoms with van der Waals surface area (Å²) in [5.41, 5.74) is 2.68. The number of benzene rings is 1. The summed E-state index contributed by atoms with van der Waals surface area (Å²) in [5, 5.41) is 15.6. The molecular formula is C24H30N4O5. The van der Waals surface area contributed by atoms with Crippen LogP contribution in [0.25, 0.3) is 5.76 Å². The Morgan fingerprint density at radius 3 is 2.33 bits per heavy atom. The number of aliphatic hydroxyl groups is 1. The van der Waals surface area contributed by atoms with Crippen molar-refractivity contribution in [2.75, 3.05) is 34.3 Å². The van der Waals surface area contributed by atoms with E-state index in [1.165, 1.54) is 12.0 Å². The van der Waals surface area contributed by atoms with Gasteiger partial charge >= 0.3 is 5.97 Å². The summed E-state index contributed by atoms with van der Waals surface area (Å²) < 4.78 is 6.38. The average molecular weight is 455 g/mol. The molecule has 0 radical (unpaired) electrons. The van der Waals surface area contributed by atoms with E-state index in [0.717, 1.165) is 6.54 Å². The number of esters is 1. The minimum Gasteiger partial charge on any atom is -0.507 e. The van der Waals surface area contributed by atoms with Gasteiger partial charge in [-0.2, -0.15) is 5.10 Å². The van der Waals surface area contributed by atoms with E-state index in [4.69, 9.17) is 4.74 Å². The van der Waals surface area contributed by atoms with Gasteiger partial charge in [0.05, 0.1) is 35.5 Å².